The van der Waals surface area contributed by atoms with Gasteiger partial charge in [0.25, 0.3) is 0 Å². The normalized spacial score (nSPS) is 30.9. The van der Waals surface area contributed by atoms with E-state index >= 15 is 0 Å². The van der Waals surface area contributed by atoms with E-state index in [1.54, 1.807) is 0 Å². The average molecular weight is 240 g/mol. The van der Waals surface area contributed by atoms with E-state index in [1.807, 2.05) is 0 Å². The summed E-state index contributed by atoms with van der Waals surface area (Å²) in [6.07, 6.45) is 9.14. The highest BCUT2D eigenvalue weighted by atomic mass is 16.3. The molecule has 1 saturated carbocycles. The molecule has 1 heterocycles. The van der Waals surface area contributed by atoms with Gasteiger partial charge in [-0.05, 0) is 44.6 Å². The number of nitrogens with two attached hydrogens (primary N) is 1. The van der Waals surface area contributed by atoms with Crippen LogP contribution in [0, 0.1) is 5.92 Å². The monoisotopic (exact) mass is 240 g/mol. The van der Waals surface area contributed by atoms with Crippen LogP contribution in [0.2, 0.25) is 0 Å². The quantitative estimate of drug-likeness (QED) is 0.769. The molecule has 1 aliphatic heterocycles. The maximum atomic E-state index is 9.63. The Morgan fingerprint density at radius 2 is 1.94 bits per heavy atom. The van der Waals surface area contributed by atoms with Gasteiger partial charge in [-0.2, -0.15) is 0 Å². The zero-order valence-electron chi connectivity index (χ0n) is 11.1. The van der Waals surface area contributed by atoms with E-state index in [0.717, 1.165) is 18.9 Å². The van der Waals surface area contributed by atoms with Crippen LogP contribution < -0.4 is 5.73 Å². The summed E-state index contributed by atoms with van der Waals surface area (Å²) in [6, 6.07) is 1.02. The van der Waals surface area contributed by atoms with E-state index in [-0.39, 0.29) is 18.7 Å². The van der Waals surface area contributed by atoms with E-state index in [9.17, 15) is 5.11 Å². The van der Waals surface area contributed by atoms with Gasteiger partial charge in [0, 0.05) is 18.1 Å². The molecular formula is C14H28N2O. The molecule has 1 saturated heterocycles. The Balaban J connectivity index is 2.01. The summed E-state index contributed by atoms with van der Waals surface area (Å²) in [7, 11) is 0. The van der Waals surface area contributed by atoms with E-state index < -0.39 is 0 Å². The van der Waals surface area contributed by atoms with Crippen molar-refractivity contribution in [3.8, 4) is 0 Å². The first-order valence-corrected chi connectivity index (χ1v) is 7.40. The minimum absolute atomic E-state index is 0.127. The molecule has 2 fully saturated rings. The average Bonchev–Trinajstić information content (AvgIpc) is 2.99. The third-order valence-corrected chi connectivity index (χ3v) is 4.86. The highest BCUT2D eigenvalue weighted by Crippen LogP contribution is 2.36. The van der Waals surface area contributed by atoms with Gasteiger partial charge in [-0.15, -0.1) is 0 Å². The smallest absolute Gasteiger partial charge is 0.0602 e. The third-order valence-electron chi connectivity index (χ3n) is 4.86. The van der Waals surface area contributed by atoms with Gasteiger partial charge in [-0.3, -0.25) is 4.90 Å². The number of aliphatic hydroxyl groups excluding tert-OH is 1. The Hall–Kier alpha value is -0.120. The Labute approximate surface area is 105 Å². The first-order chi connectivity index (χ1) is 8.27. The van der Waals surface area contributed by atoms with Crippen LogP contribution in [-0.4, -0.2) is 41.3 Å². The minimum Gasteiger partial charge on any atom is -0.395 e. The lowest BCUT2D eigenvalue weighted by molar-refractivity contribution is 0.0703. The van der Waals surface area contributed by atoms with Crippen LogP contribution in [0.4, 0.5) is 0 Å². The van der Waals surface area contributed by atoms with Crippen molar-refractivity contribution in [3.05, 3.63) is 0 Å². The van der Waals surface area contributed by atoms with Crippen molar-refractivity contribution in [1.29, 1.82) is 0 Å². The summed E-state index contributed by atoms with van der Waals surface area (Å²) in [5.74, 6) is 0.871. The van der Waals surface area contributed by atoms with Crippen molar-refractivity contribution in [2.75, 3.05) is 13.2 Å². The fourth-order valence-corrected chi connectivity index (χ4v) is 3.83. The van der Waals surface area contributed by atoms with E-state index in [2.05, 4.69) is 11.8 Å². The molecule has 2 rings (SSSR count). The Morgan fingerprint density at radius 1 is 1.24 bits per heavy atom. The van der Waals surface area contributed by atoms with Gasteiger partial charge in [0.05, 0.1) is 6.61 Å². The van der Waals surface area contributed by atoms with E-state index in [0.29, 0.717) is 6.04 Å². The van der Waals surface area contributed by atoms with Crippen LogP contribution in [0.5, 0.6) is 0 Å². The van der Waals surface area contributed by atoms with Gasteiger partial charge in [0.2, 0.25) is 0 Å². The van der Waals surface area contributed by atoms with Crippen LogP contribution in [0.3, 0.4) is 0 Å². The Kier molecular flexibility index (Phi) is 4.83. The molecule has 0 bridgehead atoms. The Morgan fingerprint density at radius 3 is 2.53 bits per heavy atom. The summed E-state index contributed by atoms with van der Waals surface area (Å²) in [6.45, 7) is 3.48. The highest BCUT2D eigenvalue weighted by molar-refractivity contribution is 4.93. The maximum Gasteiger partial charge on any atom is 0.0602 e. The largest absolute Gasteiger partial charge is 0.395 e. The van der Waals surface area contributed by atoms with Crippen molar-refractivity contribution < 1.29 is 5.11 Å². The maximum absolute atomic E-state index is 9.63. The number of nitrogens with zero attached hydrogens (tertiary/aromatic N) is 1. The van der Waals surface area contributed by atoms with Gasteiger partial charge < -0.3 is 10.8 Å². The van der Waals surface area contributed by atoms with Gasteiger partial charge in [0.1, 0.15) is 0 Å². The summed E-state index contributed by atoms with van der Waals surface area (Å²) < 4.78 is 0. The first-order valence-electron chi connectivity index (χ1n) is 7.40. The van der Waals surface area contributed by atoms with Crippen LogP contribution in [0.15, 0.2) is 0 Å². The van der Waals surface area contributed by atoms with Crippen molar-refractivity contribution >= 4 is 0 Å². The highest BCUT2D eigenvalue weighted by Gasteiger charge is 2.38. The first kappa shape index (κ1) is 13.3. The number of hydrogen-bond donors (Lipinski definition) is 2. The van der Waals surface area contributed by atoms with Crippen LogP contribution >= 0.6 is 0 Å². The fourth-order valence-electron chi connectivity index (χ4n) is 3.83. The zero-order chi connectivity index (χ0) is 12.3. The lowest BCUT2D eigenvalue weighted by atomic mass is 9.94. The lowest BCUT2D eigenvalue weighted by Gasteiger charge is -2.38. The van der Waals surface area contributed by atoms with Crippen LogP contribution in [-0.2, 0) is 0 Å². The van der Waals surface area contributed by atoms with Gasteiger partial charge >= 0.3 is 0 Å². The lowest BCUT2D eigenvalue weighted by Crippen LogP contribution is -2.53. The van der Waals surface area contributed by atoms with Gasteiger partial charge in [-0.1, -0.05) is 19.8 Å². The second kappa shape index (κ2) is 6.17. The molecule has 0 aromatic carbocycles. The molecular weight excluding hydrogens is 212 g/mol. The molecule has 0 spiro atoms. The fraction of sp³-hybridized carbons (Fsp3) is 1.00. The van der Waals surface area contributed by atoms with Crippen molar-refractivity contribution in [2.45, 2.75) is 70.0 Å². The number of aliphatic hydroxyl groups is 1. The van der Waals surface area contributed by atoms with Crippen molar-refractivity contribution in [3.63, 3.8) is 0 Å². The van der Waals surface area contributed by atoms with E-state index in [4.69, 9.17) is 5.73 Å². The number of hydrogen-bond acceptors (Lipinski definition) is 3. The molecule has 0 aromatic heterocycles. The molecule has 0 aromatic rings. The van der Waals surface area contributed by atoms with Crippen molar-refractivity contribution in [2.24, 2.45) is 11.7 Å². The molecule has 100 valence electrons. The number of likely N-dealkylation sites (tertiary alicyclic amines) is 1. The second-order valence-electron chi connectivity index (χ2n) is 5.81. The number of rotatable bonds is 5. The topological polar surface area (TPSA) is 49.5 Å². The molecule has 3 nitrogen and oxygen atoms in total. The molecule has 3 heteroatoms. The Bertz CT molecular complexity index is 228. The molecule has 0 radical (unpaired) electrons. The summed E-state index contributed by atoms with van der Waals surface area (Å²) in [5, 5.41) is 9.63. The molecule has 3 N–H and O–H groups in total. The molecule has 1 aliphatic carbocycles. The van der Waals surface area contributed by atoms with E-state index in [1.165, 1.54) is 38.5 Å². The van der Waals surface area contributed by atoms with Crippen LogP contribution in [0.1, 0.15) is 51.9 Å². The predicted molar refractivity (Wildman–Crippen MR) is 70.8 cm³/mol. The standard InChI is InChI=1S/C14H28N2O/c1-2-12(15)14(10-17)16-9-5-8-13(16)11-6-3-4-7-11/h11-14,17H,2-10,15H2,1H3. The molecule has 3 unspecified atom stereocenters. The minimum atomic E-state index is 0.127. The summed E-state index contributed by atoms with van der Waals surface area (Å²) in [4.78, 5) is 2.53. The van der Waals surface area contributed by atoms with Gasteiger partial charge in [-0.25, -0.2) is 0 Å². The zero-order valence-corrected chi connectivity index (χ0v) is 11.1. The van der Waals surface area contributed by atoms with Gasteiger partial charge in [0.15, 0.2) is 0 Å². The van der Waals surface area contributed by atoms with Crippen molar-refractivity contribution in [1.82, 2.24) is 4.90 Å². The molecule has 0 amide bonds. The SMILES string of the molecule is CCC(N)C(CO)N1CCCC1C1CCCC1. The molecule has 3 atom stereocenters. The van der Waals surface area contributed by atoms with Crippen LogP contribution in [0.25, 0.3) is 0 Å². The summed E-state index contributed by atoms with van der Waals surface area (Å²) >= 11 is 0. The molecule has 17 heavy (non-hydrogen) atoms. The second-order valence-corrected chi connectivity index (χ2v) is 5.81. The summed E-state index contributed by atoms with van der Waals surface area (Å²) in [5.41, 5.74) is 6.17. The predicted octanol–water partition coefficient (Wildman–Crippen LogP) is 1.74. The third kappa shape index (κ3) is 2.83. The molecule has 2 aliphatic rings.